The van der Waals surface area contributed by atoms with Gasteiger partial charge < -0.3 is 4.57 Å². The summed E-state index contributed by atoms with van der Waals surface area (Å²) in [4.78, 5) is 8.77. The van der Waals surface area contributed by atoms with Gasteiger partial charge in [-0.05, 0) is 22.0 Å². The highest BCUT2D eigenvalue weighted by Crippen LogP contribution is 2.27. The number of halogens is 1. The molecule has 2 aromatic rings. The van der Waals surface area contributed by atoms with Crippen LogP contribution in [0.5, 0.6) is 0 Å². The van der Waals surface area contributed by atoms with Crippen LogP contribution >= 0.6 is 15.9 Å². The van der Waals surface area contributed by atoms with Crippen molar-refractivity contribution >= 4 is 27.1 Å². The van der Waals surface area contributed by atoms with Crippen molar-refractivity contribution in [1.29, 1.82) is 0 Å². The average Bonchev–Trinajstić information content (AvgIpc) is 2.43. The second-order valence-corrected chi connectivity index (χ2v) is 5.55. The molecule has 0 spiro atoms. The van der Waals surface area contributed by atoms with E-state index in [1.807, 2.05) is 7.05 Å². The molecule has 4 heteroatoms. The van der Waals surface area contributed by atoms with E-state index < -0.39 is 0 Å². The first-order valence-corrected chi connectivity index (χ1v) is 5.67. The predicted molar refractivity (Wildman–Crippen MR) is 64.9 cm³/mol. The number of fused-ring (bicyclic) bond motifs is 1. The van der Waals surface area contributed by atoms with Gasteiger partial charge in [-0.15, -0.1) is 0 Å². The Labute approximate surface area is 97.7 Å². The van der Waals surface area contributed by atoms with Crippen LogP contribution in [0.2, 0.25) is 0 Å². The number of aryl methyl sites for hydroxylation is 1. The Kier molecular flexibility index (Phi) is 2.34. The summed E-state index contributed by atoms with van der Waals surface area (Å²) in [6, 6.07) is 2.11. The van der Waals surface area contributed by atoms with E-state index in [0.29, 0.717) is 0 Å². The van der Waals surface area contributed by atoms with Gasteiger partial charge >= 0.3 is 0 Å². The van der Waals surface area contributed by atoms with E-state index in [9.17, 15) is 0 Å². The third-order valence-corrected chi connectivity index (χ3v) is 2.85. The summed E-state index contributed by atoms with van der Waals surface area (Å²) in [5.74, 6) is 0. The Morgan fingerprint density at radius 2 is 2.00 bits per heavy atom. The van der Waals surface area contributed by atoms with Crippen LogP contribution in [0.25, 0.3) is 11.2 Å². The molecule has 0 aliphatic heterocycles. The van der Waals surface area contributed by atoms with Gasteiger partial charge in [0, 0.05) is 18.2 Å². The van der Waals surface area contributed by atoms with Crippen molar-refractivity contribution in [3.05, 3.63) is 22.6 Å². The molecule has 2 rings (SSSR count). The molecule has 0 bridgehead atoms. The van der Waals surface area contributed by atoms with Crippen LogP contribution in [0.4, 0.5) is 0 Å². The molecule has 2 heterocycles. The van der Waals surface area contributed by atoms with Crippen LogP contribution in [-0.2, 0) is 12.5 Å². The molecule has 0 aromatic carbocycles. The highest BCUT2D eigenvalue weighted by atomic mass is 79.9. The van der Waals surface area contributed by atoms with E-state index in [0.717, 1.165) is 15.8 Å². The molecule has 0 N–H and O–H groups in total. The maximum atomic E-state index is 4.43. The van der Waals surface area contributed by atoms with E-state index in [4.69, 9.17) is 0 Å². The Hall–Kier alpha value is -0.900. The standard InChI is InChI=1S/C11H14BrN3/c1-11(2,3)8-5-7-10(15(8)4)14-9(12)6-13-7/h5-6H,1-4H3. The zero-order chi connectivity index (χ0) is 11.2. The van der Waals surface area contributed by atoms with Crippen molar-refractivity contribution in [2.45, 2.75) is 26.2 Å². The summed E-state index contributed by atoms with van der Waals surface area (Å²) in [7, 11) is 2.03. The van der Waals surface area contributed by atoms with Crippen molar-refractivity contribution in [1.82, 2.24) is 14.5 Å². The van der Waals surface area contributed by atoms with Crippen LogP contribution in [0, 0.1) is 0 Å². The molecule has 0 aliphatic carbocycles. The van der Waals surface area contributed by atoms with Crippen molar-refractivity contribution in [2.24, 2.45) is 7.05 Å². The van der Waals surface area contributed by atoms with Gasteiger partial charge in [0.25, 0.3) is 0 Å². The van der Waals surface area contributed by atoms with Crippen molar-refractivity contribution in [2.75, 3.05) is 0 Å². The van der Waals surface area contributed by atoms with E-state index in [2.05, 4.69) is 57.3 Å². The zero-order valence-electron chi connectivity index (χ0n) is 9.37. The molecule has 0 unspecified atom stereocenters. The Bertz CT molecular complexity index is 508. The van der Waals surface area contributed by atoms with E-state index in [-0.39, 0.29) is 5.41 Å². The largest absolute Gasteiger partial charge is 0.331 e. The highest BCUT2D eigenvalue weighted by molar-refractivity contribution is 9.10. The Balaban J connectivity index is 2.76. The molecular weight excluding hydrogens is 254 g/mol. The van der Waals surface area contributed by atoms with Crippen molar-refractivity contribution < 1.29 is 0 Å². The maximum absolute atomic E-state index is 4.43. The van der Waals surface area contributed by atoms with E-state index >= 15 is 0 Å². The SMILES string of the molecule is Cn1c(C(C)(C)C)cc2ncc(Br)nc21. The van der Waals surface area contributed by atoms with Gasteiger partial charge in [0.15, 0.2) is 5.65 Å². The highest BCUT2D eigenvalue weighted by Gasteiger charge is 2.20. The van der Waals surface area contributed by atoms with Gasteiger partial charge in [-0.2, -0.15) is 0 Å². The molecule has 15 heavy (non-hydrogen) atoms. The summed E-state index contributed by atoms with van der Waals surface area (Å²) in [5, 5.41) is 0. The molecule has 0 radical (unpaired) electrons. The summed E-state index contributed by atoms with van der Waals surface area (Å²) >= 11 is 3.34. The predicted octanol–water partition coefficient (Wildman–Crippen LogP) is 3.03. The minimum atomic E-state index is 0.115. The maximum Gasteiger partial charge on any atom is 0.159 e. The van der Waals surface area contributed by atoms with Crippen LogP contribution < -0.4 is 0 Å². The second kappa shape index (κ2) is 3.30. The lowest BCUT2D eigenvalue weighted by atomic mass is 9.92. The summed E-state index contributed by atoms with van der Waals surface area (Å²) < 4.78 is 2.88. The number of rotatable bonds is 0. The van der Waals surface area contributed by atoms with Gasteiger partial charge in [-0.25, -0.2) is 4.98 Å². The van der Waals surface area contributed by atoms with Crippen molar-refractivity contribution in [3.8, 4) is 0 Å². The minimum absolute atomic E-state index is 0.115. The van der Waals surface area contributed by atoms with Gasteiger partial charge in [-0.3, -0.25) is 4.98 Å². The van der Waals surface area contributed by atoms with Crippen LogP contribution in [0.3, 0.4) is 0 Å². The second-order valence-electron chi connectivity index (χ2n) is 4.74. The third kappa shape index (κ3) is 1.78. The normalized spacial score (nSPS) is 12.3. The number of hydrogen-bond acceptors (Lipinski definition) is 2. The lowest BCUT2D eigenvalue weighted by Crippen LogP contribution is -2.15. The first kappa shape index (κ1) is 10.6. The van der Waals surface area contributed by atoms with Crippen LogP contribution in [0.1, 0.15) is 26.5 Å². The lowest BCUT2D eigenvalue weighted by molar-refractivity contribution is 0.546. The molecule has 80 valence electrons. The van der Waals surface area contributed by atoms with Gasteiger partial charge in [0.2, 0.25) is 0 Å². The van der Waals surface area contributed by atoms with E-state index in [1.54, 1.807) is 6.20 Å². The topological polar surface area (TPSA) is 30.7 Å². The molecule has 2 aromatic heterocycles. The zero-order valence-corrected chi connectivity index (χ0v) is 11.0. The molecule has 0 fully saturated rings. The Morgan fingerprint density at radius 3 is 2.60 bits per heavy atom. The minimum Gasteiger partial charge on any atom is -0.331 e. The molecule has 0 atom stereocenters. The average molecular weight is 268 g/mol. The third-order valence-electron chi connectivity index (χ3n) is 2.47. The van der Waals surface area contributed by atoms with Crippen molar-refractivity contribution in [3.63, 3.8) is 0 Å². The molecule has 0 saturated heterocycles. The van der Waals surface area contributed by atoms with Crippen LogP contribution in [-0.4, -0.2) is 14.5 Å². The van der Waals surface area contributed by atoms with Gasteiger partial charge in [0.05, 0.1) is 6.20 Å². The first-order valence-electron chi connectivity index (χ1n) is 4.88. The van der Waals surface area contributed by atoms with Crippen LogP contribution in [0.15, 0.2) is 16.9 Å². The number of aromatic nitrogens is 3. The Morgan fingerprint density at radius 1 is 1.33 bits per heavy atom. The monoisotopic (exact) mass is 267 g/mol. The fraction of sp³-hybridized carbons (Fsp3) is 0.455. The summed E-state index contributed by atoms with van der Waals surface area (Å²) in [5.41, 5.74) is 3.24. The smallest absolute Gasteiger partial charge is 0.159 e. The molecule has 0 amide bonds. The fourth-order valence-corrected chi connectivity index (χ4v) is 2.05. The van der Waals surface area contributed by atoms with Gasteiger partial charge in [0.1, 0.15) is 10.1 Å². The summed E-state index contributed by atoms with van der Waals surface area (Å²) in [6.45, 7) is 6.57. The molecule has 0 saturated carbocycles. The molecule has 3 nitrogen and oxygen atoms in total. The quantitative estimate of drug-likeness (QED) is 0.735. The summed E-state index contributed by atoms with van der Waals surface area (Å²) in [6.07, 6.45) is 1.73. The van der Waals surface area contributed by atoms with Gasteiger partial charge in [-0.1, -0.05) is 20.8 Å². The lowest BCUT2D eigenvalue weighted by Gasteiger charge is -2.19. The first-order chi connectivity index (χ1) is 6.89. The molecule has 0 aliphatic rings. The number of nitrogens with zero attached hydrogens (tertiary/aromatic N) is 3. The number of hydrogen-bond donors (Lipinski definition) is 0. The fourth-order valence-electron chi connectivity index (χ4n) is 1.78. The van der Waals surface area contributed by atoms with E-state index in [1.165, 1.54) is 5.69 Å². The molecular formula is C11H14BrN3.